The third-order valence-corrected chi connectivity index (χ3v) is 17.4. The van der Waals surface area contributed by atoms with Gasteiger partial charge < -0.3 is 9.13 Å². The number of nitriles is 2. The van der Waals surface area contributed by atoms with Gasteiger partial charge in [-0.15, -0.1) is 0 Å². The van der Waals surface area contributed by atoms with Crippen LogP contribution in [0.4, 0.5) is 0 Å². The minimum atomic E-state index is 0.377. The maximum Gasteiger partial charge on any atom is 0.164 e. The van der Waals surface area contributed by atoms with Crippen molar-refractivity contribution in [3.05, 3.63) is 308 Å². The van der Waals surface area contributed by atoms with Crippen LogP contribution in [0.3, 0.4) is 0 Å². The van der Waals surface area contributed by atoms with Crippen molar-refractivity contribution in [3.63, 3.8) is 0 Å². The van der Waals surface area contributed by atoms with E-state index in [1.54, 1.807) is 0 Å². The number of hydrogen-bond donors (Lipinski definition) is 0. The van der Waals surface area contributed by atoms with Gasteiger partial charge in [-0.3, -0.25) is 0 Å². The van der Waals surface area contributed by atoms with Gasteiger partial charge in [0.1, 0.15) is 6.07 Å². The zero-order valence-corrected chi connectivity index (χ0v) is 51.1. The first-order valence-electron chi connectivity index (χ1n) is 31.3. The first-order valence-corrected chi connectivity index (χ1v) is 31.3. The van der Waals surface area contributed by atoms with E-state index in [1.165, 1.54) is 0 Å². The van der Waals surface area contributed by atoms with Crippen LogP contribution >= 0.6 is 0 Å². The summed E-state index contributed by atoms with van der Waals surface area (Å²) >= 11 is 0. The zero-order chi connectivity index (χ0) is 64.1. The molecule has 96 heavy (non-hydrogen) atoms. The van der Waals surface area contributed by atoms with Crippen molar-refractivity contribution in [1.29, 1.82) is 10.5 Å². The van der Waals surface area contributed by atoms with Crippen LogP contribution < -0.4 is 0 Å². The third-order valence-electron chi connectivity index (χ3n) is 17.4. The highest BCUT2D eigenvalue weighted by molar-refractivity contribution is 6.12. The molecule has 0 bridgehead atoms. The van der Waals surface area contributed by atoms with E-state index in [4.69, 9.17) is 44.9 Å². The Kier molecular flexibility index (Phi) is 13.9. The quantitative estimate of drug-likeness (QED) is 0.114. The lowest BCUT2D eigenvalue weighted by atomic mass is 9.96. The highest BCUT2D eigenvalue weighted by Gasteiger charge is 2.24. The molecule has 0 saturated heterocycles. The molecule has 0 fully saturated rings. The van der Waals surface area contributed by atoms with Crippen LogP contribution in [-0.2, 0) is 0 Å². The second-order valence-electron chi connectivity index (χ2n) is 23.2. The monoisotopic (exact) mass is 1230 g/mol. The summed E-state index contributed by atoms with van der Waals surface area (Å²) in [4.78, 5) is 45.8. The predicted molar refractivity (Wildman–Crippen MR) is 379 cm³/mol. The van der Waals surface area contributed by atoms with E-state index in [0.717, 1.165) is 99.4 Å². The van der Waals surface area contributed by atoms with Crippen LogP contribution in [0.5, 0.6) is 0 Å². The van der Waals surface area contributed by atoms with E-state index in [1.807, 2.05) is 224 Å². The van der Waals surface area contributed by atoms with Crippen LogP contribution in [0.1, 0.15) is 11.1 Å². The molecule has 13 nitrogen and oxygen atoms in total. The van der Waals surface area contributed by atoms with Gasteiger partial charge in [-0.05, 0) is 91.0 Å². The Morgan fingerprint density at radius 2 is 0.500 bits per heavy atom. The summed E-state index contributed by atoms with van der Waals surface area (Å²) in [5.74, 6) is 4.63. The SMILES string of the molecule is N#Cc1ccccc1-c1cc(-c2nc(-c3ccccc3)nc(-c3ccc(-n4c5ccccc5c5cc(-c6nc(-c7ccccc7)nc(-c7ccccc7)n6)ccc54)c(C#N)c3)n2)ccc1-n1c2ccccc2c2cc(-c3nc(-c4ccccc4)nc(-c4ccccc4)n3)ccc21. The number of benzene rings is 12. The molecule has 0 radical (unpaired) electrons. The predicted octanol–water partition coefficient (Wildman–Crippen LogP) is 18.8. The van der Waals surface area contributed by atoms with Gasteiger partial charge in [-0.25, -0.2) is 44.9 Å². The lowest BCUT2D eigenvalue weighted by molar-refractivity contribution is 1.07. The van der Waals surface area contributed by atoms with Gasteiger partial charge in [0.25, 0.3) is 0 Å². The molecule has 0 aliphatic rings. The van der Waals surface area contributed by atoms with E-state index in [2.05, 4.69) is 94.1 Å². The van der Waals surface area contributed by atoms with Crippen molar-refractivity contribution in [2.24, 2.45) is 0 Å². The first-order chi connectivity index (χ1) is 47.5. The molecule has 0 N–H and O–H groups in total. The number of rotatable bonds is 12. The zero-order valence-electron chi connectivity index (χ0n) is 51.1. The Hall–Kier alpha value is -13.8. The fourth-order valence-corrected chi connectivity index (χ4v) is 12.8. The van der Waals surface area contributed by atoms with E-state index >= 15 is 0 Å². The Morgan fingerprint density at radius 1 is 0.208 bits per heavy atom. The molecule has 0 atom stereocenters. The largest absolute Gasteiger partial charge is 0.309 e. The topological polar surface area (TPSA) is 173 Å². The van der Waals surface area contributed by atoms with Gasteiger partial charge >= 0.3 is 0 Å². The number of nitrogens with zero attached hydrogens (tertiary/aromatic N) is 13. The summed E-state index contributed by atoms with van der Waals surface area (Å²) in [7, 11) is 0. The van der Waals surface area contributed by atoms with Crippen molar-refractivity contribution >= 4 is 43.6 Å². The molecule has 0 saturated carbocycles. The van der Waals surface area contributed by atoms with Gasteiger partial charge in [-0.1, -0.05) is 206 Å². The maximum absolute atomic E-state index is 11.2. The minimum Gasteiger partial charge on any atom is -0.309 e. The van der Waals surface area contributed by atoms with Crippen molar-refractivity contribution in [2.75, 3.05) is 0 Å². The fraction of sp³-hybridized carbons (Fsp3) is 0. The van der Waals surface area contributed by atoms with Crippen molar-refractivity contribution in [2.45, 2.75) is 0 Å². The highest BCUT2D eigenvalue weighted by Crippen LogP contribution is 2.42. The first kappa shape index (κ1) is 56.2. The summed E-state index contributed by atoms with van der Waals surface area (Å²) in [5, 5.41) is 26.0. The van der Waals surface area contributed by atoms with E-state index < -0.39 is 0 Å². The van der Waals surface area contributed by atoms with Gasteiger partial charge in [0.15, 0.2) is 52.4 Å². The molecule has 446 valence electrons. The summed E-state index contributed by atoms with van der Waals surface area (Å²) in [6.45, 7) is 0. The Morgan fingerprint density at radius 3 is 0.896 bits per heavy atom. The second-order valence-corrected chi connectivity index (χ2v) is 23.2. The number of para-hydroxylation sites is 2. The average Bonchev–Trinajstić information content (AvgIpc) is 1.53. The molecule has 17 rings (SSSR count). The summed E-state index contributed by atoms with van der Waals surface area (Å²) in [6.07, 6.45) is 0. The maximum atomic E-state index is 11.2. The van der Waals surface area contributed by atoms with Crippen LogP contribution in [0, 0.1) is 22.7 Å². The van der Waals surface area contributed by atoms with Gasteiger partial charge in [0.05, 0.1) is 50.6 Å². The van der Waals surface area contributed by atoms with Gasteiger partial charge in [0, 0.05) is 82.7 Å². The fourth-order valence-electron chi connectivity index (χ4n) is 12.8. The van der Waals surface area contributed by atoms with E-state index in [9.17, 15) is 10.5 Å². The molecule has 5 heterocycles. The van der Waals surface area contributed by atoms with Gasteiger partial charge in [0.2, 0.25) is 0 Å². The Labute approximate surface area is 550 Å². The normalized spacial score (nSPS) is 11.3. The lowest BCUT2D eigenvalue weighted by Crippen LogP contribution is -2.03. The van der Waals surface area contributed by atoms with Gasteiger partial charge in [-0.2, -0.15) is 10.5 Å². The molecule has 17 aromatic rings. The smallest absolute Gasteiger partial charge is 0.164 e. The molecule has 0 unspecified atom stereocenters. The summed E-state index contributed by atoms with van der Waals surface area (Å²) in [6, 6.07) is 103. The third kappa shape index (κ3) is 10.1. The highest BCUT2D eigenvalue weighted by atomic mass is 15.1. The molecular weight excluding hydrogens is 1180 g/mol. The Balaban J connectivity index is 0.789. The molecular formula is C83H49N13. The van der Waals surface area contributed by atoms with Crippen LogP contribution in [0.15, 0.2) is 297 Å². The Bertz CT molecular complexity index is 5860. The minimum absolute atomic E-state index is 0.377. The number of aromatic nitrogens is 11. The summed E-state index contributed by atoms with van der Waals surface area (Å²) in [5.41, 5.74) is 15.0. The second kappa shape index (κ2) is 23.8. The van der Waals surface area contributed by atoms with Crippen LogP contribution in [0.2, 0.25) is 0 Å². The molecule has 5 aromatic heterocycles. The summed E-state index contributed by atoms with van der Waals surface area (Å²) < 4.78 is 4.40. The molecule has 0 aliphatic carbocycles. The molecule has 0 spiro atoms. The van der Waals surface area contributed by atoms with Crippen molar-refractivity contribution < 1.29 is 0 Å². The van der Waals surface area contributed by atoms with Crippen molar-refractivity contribution in [3.8, 4) is 137 Å². The average molecular weight is 1230 g/mol. The number of fused-ring (bicyclic) bond motifs is 6. The number of hydrogen-bond acceptors (Lipinski definition) is 11. The van der Waals surface area contributed by atoms with E-state index in [0.29, 0.717) is 80.4 Å². The molecule has 13 heteroatoms. The van der Waals surface area contributed by atoms with Crippen LogP contribution in [-0.4, -0.2) is 54.0 Å². The standard InChI is InChI=1S/C83H49N13/c84-50-61-32-16-17-33-63(61)66-47-58(39-43-72(66)96-71-37-21-19-35-65(71)68-49-60(41-45-74(68)96)82-91-77(54-26-10-3-11-27-54)87-78(92-82)55-28-12-4-13-29-55)83-93-79(56-30-14-5-15-31-56)88-80(94-83)57-38-42-69(62(46-57)51-85)95-70-36-20-18-34-64(70)67-48-59(40-44-73(67)95)81-89-75(52-22-6-1-7-23-52)86-76(90-81)53-24-8-2-9-25-53/h1-49H. The van der Waals surface area contributed by atoms with E-state index in [-0.39, 0.29) is 0 Å². The molecule has 12 aromatic carbocycles. The van der Waals surface area contributed by atoms with Crippen molar-refractivity contribution in [1.82, 2.24) is 54.0 Å². The molecule has 0 amide bonds. The lowest BCUT2D eigenvalue weighted by Gasteiger charge is -2.17. The molecule has 0 aliphatic heterocycles. The van der Waals surface area contributed by atoms with Crippen LogP contribution in [0.25, 0.3) is 169 Å².